The lowest BCUT2D eigenvalue weighted by atomic mass is 10.2. The third-order valence-electron chi connectivity index (χ3n) is 2.66. The molecule has 0 aliphatic carbocycles. The minimum atomic E-state index is -0.948. The molecule has 0 aliphatic heterocycles. The van der Waals surface area contributed by atoms with Crippen LogP contribution in [0.5, 0.6) is 0 Å². The SMILES string of the molecule is O=C(NN=Cc1cccc(Cl)c1)C(=O)NN=Cc1cccc(Cl)c1. The Morgan fingerprint density at radius 2 is 1.21 bits per heavy atom. The summed E-state index contributed by atoms with van der Waals surface area (Å²) in [6.07, 6.45) is 2.73. The zero-order valence-electron chi connectivity index (χ0n) is 12.2. The van der Waals surface area contributed by atoms with Gasteiger partial charge in [-0.1, -0.05) is 47.5 Å². The van der Waals surface area contributed by atoms with Crippen molar-refractivity contribution in [3.8, 4) is 0 Å². The van der Waals surface area contributed by atoms with Crippen LogP contribution in [0.4, 0.5) is 0 Å². The maximum Gasteiger partial charge on any atom is 0.331 e. The van der Waals surface area contributed by atoms with E-state index in [1.807, 2.05) is 0 Å². The highest BCUT2D eigenvalue weighted by molar-refractivity contribution is 6.35. The van der Waals surface area contributed by atoms with Gasteiger partial charge in [0.1, 0.15) is 0 Å². The Morgan fingerprint density at radius 3 is 1.58 bits per heavy atom. The normalized spacial score (nSPS) is 10.9. The topological polar surface area (TPSA) is 82.9 Å². The van der Waals surface area contributed by atoms with Crippen molar-refractivity contribution in [2.24, 2.45) is 10.2 Å². The van der Waals surface area contributed by atoms with E-state index in [0.717, 1.165) is 0 Å². The predicted octanol–water partition coefficient (Wildman–Crippen LogP) is 2.59. The van der Waals surface area contributed by atoms with Crippen molar-refractivity contribution in [1.82, 2.24) is 10.9 Å². The molecule has 8 heteroatoms. The number of carbonyl (C=O) groups excluding carboxylic acids is 2. The summed E-state index contributed by atoms with van der Waals surface area (Å²) in [4.78, 5) is 23.1. The summed E-state index contributed by atoms with van der Waals surface area (Å²) < 4.78 is 0. The molecular weight excluding hydrogens is 351 g/mol. The summed E-state index contributed by atoms with van der Waals surface area (Å²) in [5.41, 5.74) is 5.54. The van der Waals surface area contributed by atoms with E-state index in [4.69, 9.17) is 23.2 Å². The van der Waals surface area contributed by atoms with Crippen molar-refractivity contribution < 1.29 is 9.59 Å². The number of rotatable bonds is 4. The molecule has 0 aromatic heterocycles. The quantitative estimate of drug-likeness (QED) is 0.497. The number of carbonyl (C=O) groups is 2. The number of hydrogen-bond donors (Lipinski definition) is 2. The lowest BCUT2D eigenvalue weighted by Gasteiger charge is -1.99. The van der Waals surface area contributed by atoms with Crippen molar-refractivity contribution in [3.05, 3.63) is 69.7 Å². The van der Waals surface area contributed by atoms with E-state index in [1.165, 1.54) is 12.4 Å². The second kappa shape index (κ2) is 8.81. The molecule has 2 rings (SSSR count). The zero-order valence-corrected chi connectivity index (χ0v) is 13.8. The Hall–Kier alpha value is -2.70. The fourth-order valence-electron chi connectivity index (χ4n) is 1.61. The fraction of sp³-hybridized carbons (Fsp3) is 0. The Labute approximate surface area is 148 Å². The van der Waals surface area contributed by atoms with Gasteiger partial charge in [0.2, 0.25) is 0 Å². The summed E-state index contributed by atoms with van der Waals surface area (Å²) >= 11 is 11.6. The monoisotopic (exact) mass is 362 g/mol. The van der Waals surface area contributed by atoms with E-state index < -0.39 is 11.8 Å². The molecule has 0 radical (unpaired) electrons. The Kier molecular flexibility index (Phi) is 6.48. The number of nitrogens with zero attached hydrogens (tertiary/aromatic N) is 2. The van der Waals surface area contributed by atoms with Gasteiger partial charge in [0.25, 0.3) is 0 Å². The number of halogens is 2. The van der Waals surface area contributed by atoms with E-state index in [2.05, 4.69) is 21.1 Å². The third-order valence-corrected chi connectivity index (χ3v) is 3.13. The van der Waals surface area contributed by atoms with Gasteiger partial charge in [0, 0.05) is 10.0 Å². The molecule has 24 heavy (non-hydrogen) atoms. The molecule has 122 valence electrons. The van der Waals surface area contributed by atoms with Crippen LogP contribution in [0, 0.1) is 0 Å². The highest BCUT2D eigenvalue weighted by Crippen LogP contribution is 2.09. The van der Waals surface area contributed by atoms with Gasteiger partial charge in [0.05, 0.1) is 12.4 Å². The average Bonchev–Trinajstić information content (AvgIpc) is 2.55. The largest absolute Gasteiger partial charge is 0.331 e. The van der Waals surface area contributed by atoms with Crippen LogP contribution in [0.25, 0.3) is 0 Å². The number of hydrogen-bond acceptors (Lipinski definition) is 4. The smallest absolute Gasteiger partial charge is 0.262 e. The maximum atomic E-state index is 11.5. The average molecular weight is 363 g/mol. The molecule has 2 aromatic carbocycles. The molecule has 0 saturated carbocycles. The third kappa shape index (κ3) is 5.83. The molecule has 2 N–H and O–H groups in total. The van der Waals surface area contributed by atoms with Gasteiger partial charge < -0.3 is 0 Å². The second-order valence-electron chi connectivity index (χ2n) is 4.51. The van der Waals surface area contributed by atoms with Crippen LogP contribution in [0.2, 0.25) is 10.0 Å². The van der Waals surface area contributed by atoms with Crippen LogP contribution in [0.3, 0.4) is 0 Å². The Morgan fingerprint density at radius 1 is 0.792 bits per heavy atom. The number of benzene rings is 2. The van der Waals surface area contributed by atoms with Gasteiger partial charge in [-0.15, -0.1) is 0 Å². The summed E-state index contributed by atoms with van der Waals surface area (Å²) in [5, 5.41) is 8.42. The van der Waals surface area contributed by atoms with Crippen molar-refractivity contribution >= 4 is 47.4 Å². The lowest BCUT2D eigenvalue weighted by molar-refractivity contribution is -0.139. The molecule has 2 aromatic rings. The van der Waals surface area contributed by atoms with Crippen LogP contribution < -0.4 is 10.9 Å². The van der Waals surface area contributed by atoms with Gasteiger partial charge in [-0.05, 0) is 35.4 Å². The van der Waals surface area contributed by atoms with Gasteiger partial charge in [-0.25, -0.2) is 10.9 Å². The molecule has 0 heterocycles. The highest BCUT2D eigenvalue weighted by atomic mass is 35.5. The molecule has 0 atom stereocenters. The first-order valence-corrected chi connectivity index (χ1v) is 7.48. The zero-order chi connectivity index (χ0) is 17.4. The molecule has 0 aliphatic rings. The molecular formula is C16H12Cl2N4O2. The fourth-order valence-corrected chi connectivity index (χ4v) is 2.00. The van der Waals surface area contributed by atoms with Crippen LogP contribution >= 0.6 is 23.2 Å². The first kappa shape index (κ1) is 17.7. The molecule has 6 nitrogen and oxygen atoms in total. The summed E-state index contributed by atoms with van der Waals surface area (Å²) in [6, 6.07) is 13.7. The van der Waals surface area contributed by atoms with Crippen molar-refractivity contribution in [2.75, 3.05) is 0 Å². The standard InChI is InChI=1S/C16H12Cl2N4O2/c17-13-5-1-3-11(7-13)9-19-21-15(23)16(24)22-20-10-12-4-2-6-14(18)8-12/h1-10H,(H,21,23)(H,22,24). The molecule has 2 amide bonds. The molecule has 0 spiro atoms. The second-order valence-corrected chi connectivity index (χ2v) is 5.38. The van der Waals surface area contributed by atoms with E-state index in [0.29, 0.717) is 21.2 Å². The Bertz CT molecular complexity index is 739. The van der Waals surface area contributed by atoms with Gasteiger partial charge in [0.15, 0.2) is 0 Å². The van der Waals surface area contributed by atoms with E-state index in [1.54, 1.807) is 48.5 Å². The lowest BCUT2D eigenvalue weighted by Crippen LogP contribution is -2.35. The van der Waals surface area contributed by atoms with Crippen LogP contribution in [-0.2, 0) is 9.59 Å². The number of hydrazone groups is 2. The Balaban J connectivity index is 1.83. The minimum absolute atomic E-state index is 0.540. The van der Waals surface area contributed by atoms with Crippen LogP contribution in [-0.4, -0.2) is 24.2 Å². The van der Waals surface area contributed by atoms with Gasteiger partial charge in [-0.3, -0.25) is 9.59 Å². The highest BCUT2D eigenvalue weighted by Gasteiger charge is 2.10. The first-order chi connectivity index (χ1) is 11.5. The molecule has 0 unspecified atom stereocenters. The summed E-state index contributed by atoms with van der Waals surface area (Å²) in [5.74, 6) is -1.90. The number of amides is 2. The van der Waals surface area contributed by atoms with Crippen LogP contribution in [0.1, 0.15) is 11.1 Å². The summed E-state index contributed by atoms with van der Waals surface area (Å²) in [6.45, 7) is 0. The summed E-state index contributed by atoms with van der Waals surface area (Å²) in [7, 11) is 0. The molecule has 0 fully saturated rings. The van der Waals surface area contributed by atoms with Crippen LogP contribution in [0.15, 0.2) is 58.7 Å². The maximum absolute atomic E-state index is 11.5. The minimum Gasteiger partial charge on any atom is -0.262 e. The van der Waals surface area contributed by atoms with Crippen molar-refractivity contribution in [2.45, 2.75) is 0 Å². The van der Waals surface area contributed by atoms with E-state index >= 15 is 0 Å². The van der Waals surface area contributed by atoms with E-state index in [9.17, 15) is 9.59 Å². The van der Waals surface area contributed by atoms with Crippen molar-refractivity contribution in [3.63, 3.8) is 0 Å². The number of nitrogens with one attached hydrogen (secondary N) is 2. The van der Waals surface area contributed by atoms with Crippen molar-refractivity contribution in [1.29, 1.82) is 0 Å². The van der Waals surface area contributed by atoms with Gasteiger partial charge >= 0.3 is 11.8 Å². The van der Waals surface area contributed by atoms with E-state index in [-0.39, 0.29) is 0 Å². The first-order valence-electron chi connectivity index (χ1n) is 6.72. The molecule has 0 bridgehead atoms. The van der Waals surface area contributed by atoms with Gasteiger partial charge in [-0.2, -0.15) is 10.2 Å². The molecule has 0 saturated heterocycles. The predicted molar refractivity (Wildman–Crippen MR) is 94.4 cm³/mol.